The Hall–Kier alpha value is -3.75. The number of ether oxygens (including phenoxy) is 1. The first-order valence-corrected chi connectivity index (χ1v) is 13.3. The Balaban J connectivity index is 1.25. The molecule has 188 valence electrons. The lowest BCUT2D eigenvalue weighted by Gasteiger charge is -2.11. The number of carbonyl (C=O) groups is 1. The van der Waals surface area contributed by atoms with Gasteiger partial charge in [-0.2, -0.15) is 0 Å². The smallest absolute Gasteiger partial charge is 0.258 e. The largest absolute Gasteiger partial charge is 0.372 e. The summed E-state index contributed by atoms with van der Waals surface area (Å²) in [4.78, 5) is 22.2. The molecule has 1 fully saturated rings. The van der Waals surface area contributed by atoms with Crippen LogP contribution in [0, 0.1) is 5.82 Å². The fourth-order valence-corrected chi connectivity index (χ4v) is 4.31. The highest BCUT2D eigenvalue weighted by Crippen LogP contribution is 2.42. The summed E-state index contributed by atoms with van der Waals surface area (Å²) in [7, 11) is 0. The highest BCUT2D eigenvalue weighted by Gasteiger charge is 2.29. The van der Waals surface area contributed by atoms with E-state index in [1.165, 1.54) is 24.1 Å². The molecule has 1 saturated carbocycles. The summed E-state index contributed by atoms with van der Waals surface area (Å²) in [6, 6.07) is 21.7. The van der Waals surface area contributed by atoms with Crippen LogP contribution in [0.2, 0.25) is 0 Å². The lowest BCUT2D eigenvalue weighted by atomic mass is 10.1. The Morgan fingerprint density at radius 1 is 1.03 bits per heavy atom. The van der Waals surface area contributed by atoms with Crippen molar-refractivity contribution in [3.8, 4) is 11.3 Å². The van der Waals surface area contributed by atoms with Crippen molar-refractivity contribution < 1.29 is 13.9 Å². The molecule has 6 nitrogen and oxygen atoms in total. The maximum absolute atomic E-state index is 14.6. The van der Waals surface area contributed by atoms with Gasteiger partial charge < -0.3 is 14.8 Å². The maximum atomic E-state index is 14.6. The molecular weight excluding hydrogens is 487 g/mol. The van der Waals surface area contributed by atoms with Gasteiger partial charge in [-0.1, -0.05) is 54.4 Å². The Morgan fingerprint density at radius 2 is 1.76 bits per heavy atom. The quantitative estimate of drug-likeness (QED) is 0.226. The van der Waals surface area contributed by atoms with E-state index in [0.29, 0.717) is 36.1 Å². The van der Waals surface area contributed by atoms with Gasteiger partial charge in [0, 0.05) is 23.4 Å². The van der Waals surface area contributed by atoms with Crippen LogP contribution < -0.4 is 10.0 Å². The summed E-state index contributed by atoms with van der Waals surface area (Å²) in [6.07, 6.45) is 5.83. The first-order chi connectivity index (χ1) is 18.1. The van der Waals surface area contributed by atoms with Crippen LogP contribution in [0.3, 0.4) is 0 Å². The molecular formula is C29H27FN4O2S. The summed E-state index contributed by atoms with van der Waals surface area (Å²) in [5.41, 5.74) is 4.75. The van der Waals surface area contributed by atoms with Crippen molar-refractivity contribution in [1.29, 1.82) is 0 Å². The molecule has 0 aliphatic heterocycles. The number of hydrogen-bond acceptors (Lipinski definition) is 6. The summed E-state index contributed by atoms with van der Waals surface area (Å²) in [6.45, 7) is 0.977. The van der Waals surface area contributed by atoms with E-state index in [0.717, 1.165) is 35.5 Å². The van der Waals surface area contributed by atoms with E-state index < -0.39 is 11.7 Å². The second-order valence-corrected chi connectivity index (χ2v) is 9.51. The van der Waals surface area contributed by atoms with Gasteiger partial charge in [0.25, 0.3) is 5.91 Å². The number of benzene rings is 3. The monoisotopic (exact) mass is 514 g/mol. The Kier molecular flexibility index (Phi) is 7.77. The molecule has 1 heterocycles. The summed E-state index contributed by atoms with van der Waals surface area (Å²) in [5.74, 6) is 0.0258. The van der Waals surface area contributed by atoms with Crippen LogP contribution in [0.4, 0.5) is 15.9 Å². The molecule has 1 aliphatic rings. The number of rotatable bonds is 10. The minimum absolute atomic E-state index is 0.0554. The molecule has 1 amide bonds. The minimum atomic E-state index is -0.600. The average molecular weight is 515 g/mol. The molecule has 4 aromatic rings. The van der Waals surface area contributed by atoms with Crippen LogP contribution in [0.25, 0.3) is 11.3 Å². The highest BCUT2D eigenvalue weighted by atomic mass is 32.2. The van der Waals surface area contributed by atoms with Gasteiger partial charge in [0.05, 0.1) is 36.4 Å². The molecule has 3 aromatic carbocycles. The first kappa shape index (κ1) is 24.9. The average Bonchev–Trinajstić information content (AvgIpc) is 3.76. The molecule has 37 heavy (non-hydrogen) atoms. The number of hydrogen-bond donors (Lipinski definition) is 2. The van der Waals surface area contributed by atoms with Crippen molar-refractivity contribution in [3.63, 3.8) is 0 Å². The van der Waals surface area contributed by atoms with E-state index in [4.69, 9.17) is 9.72 Å². The Bertz CT molecular complexity index is 1380. The van der Waals surface area contributed by atoms with Crippen molar-refractivity contribution >= 4 is 29.4 Å². The SMILES string of the molecule is CSNc1nc(-c2ccc(F)c(C(=O)Nc3ccc(COCc4ccccc4)cc3)c2)cnc1C1CC1. The molecule has 8 heteroatoms. The van der Waals surface area contributed by atoms with Gasteiger partial charge in [-0.15, -0.1) is 0 Å². The zero-order valence-electron chi connectivity index (χ0n) is 20.4. The van der Waals surface area contributed by atoms with Gasteiger partial charge in [0.15, 0.2) is 5.82 Å². The molecule has 0 radical (unpaired) electrons. The minimum Gasteiger partial charge on any atom is -0.372 e. The third-order valence-corrected chi connectivity index (χ3v) is 6.46. The fourth-order valence-electron chi connectivity index (χ4n) is 3.97. The van der Waals surface area contributed by atoms with E-state index in [1.54, 1.807) is 24.4 Å². The molecule has 0 bridgehead atoms. The predicted molar refractivity (Wildman–Crippen MR) is 146 cm³/mol. The summed E-state index contributed by atoms with van der Waals surface area (Å²) < 4.78 is 23.6. The lowest BCUT2D eigenvalue weighted by molar-refractivity contribution is 0.102. The van der Waals surface area contributed by atoms with Crippen LogP contribution in [-0.4, -0.2) is 22.1 Å². The molecule has 0 atom stereocenters. The normalized spacial score (nSPS) is 12.8. The number of halogens is 1. The van der Waals surface area contributed by atoms with Gasteiger partial charge in [0.2, 0.25) is 0 Å². The van der Waals surface area contributed by atoms with Crippen LogP contribution >= 0.6 is 11.9 Å². The third-order valence-electron chi connectivity index (χ3n) is 6.06. The Morgan fingerprint density at radius 3 is 2.46 bits per heavy atom. The number of amides is 1. The fraction of sp³-hybridized carbons (Fsp3) is 0.207. The zero-order chi connectivity index (χ0) is 25.6. The van der Waals surface area contributed by atoms with E-state index in [1.807, 2.05) is 48.7 Å². The van der Waals surface area contributed by atoms with E-state index >= 15 is 0 Å². The second kappa shape index (κ2) is 11.5. The number of aromatic nitrogens is 2. The van der Waals surface area contributed by atoms with Crippen molar-refractivity contribution in [1.82, 2.24) is 9.97 Å². The van der Waals surface area contributed by atoms with Gasteiger partial charge in [-0.25, -0.2) is 9.37 Å². The van der Waals surface area contributed by atoms with Crippen molar-refractivity contribution in [2.24, 2.45) is 0 Å². The molecule has 2 N–H and O–H groups in total. The predicted octanol–water partition coefficient (Wildman–Crippen LogP) is 6.82. The second-order valence-electron chi connectivity index (χ2n) is 8.89. The van der Waals surface area contributed by atoms with Crippen LogP contribution in [0.1, 0.15) is 45.9 Å². The third kappa shape index (κ3) is 6.34. The number of anilines is 2. The molecule has 1 aliphatic carbocycles. The van der Waals surface area contributed by atoms with Gasteiger partial charge in [-0.05, 0) is 54.3 Å². The number of carbonyl (C=O) groups excluding carboxylic acids is 1. The van der Waals surface area contributed by atoms with Crippen molar-refractivity contribution in [3.05, 3.63) is 107 Å². The van der Waals surface area contributed by atoms with Gasteiger partial charge in [-0.3, -0.25) is 9.78 Å². The van der Waals surface area contributed by atoms with Gasteiger partial charge in [0.1, 0.15) is 5.82 Å². The van der Waals surface area contributed by atoms with Crippen LogP contribution in [-0.2, 0) is 18.0 Å². The van der Waals surface area contributed by atoms with E-state index in [-0.39, 0.29) is 5.56 Å². The van der Waals surface area contributed by atoms with Crippen LogP contribution in [0.5, 0.6) is 0 Å². The Labute approximate surface area is 219 Å². The van der Waals surface area contributed by atoms with Crippen molar-refractivity contribution in [2.45, 2.75) is 32.0 Å². The number of nitrogens with one attached hydrogen (secondary N) is 2. The zero-order valence-corrected chi connectivity index (χ0v) is 21.2. The van der Waals surface area contributed by atoms with E-state index in [9.17, 15) is 9.18 Å². The molecule has 0 spiro atoms. The molecule has 0 unspecified atom stereocenters. The molecule has 0 saturated heterocycles. The van der Waals surface area contributed by atoms with E-state index in [2.05, 4.69) is 15.0 Å². The number of nitrogens with zero attached hydrogens (tertiary/aromatic N) is 2. The van der Waals surface area contributed by atoms with Gasteiger partial charge >= 0.3 is 0 Å². The molecule has 5 rings (SSSR count). The van der Waals surface area contributed by atoms with Crippen LogP contribution in [0.15, 0.2) is 79.0 Å². The molecule has 1 aromatic heterocycles. The maximum Gasteiger partial charge on any atom is 0.258 e. The first-order valence-electron chi connectivity index (χ1n) is 12.1. The van der Waals surface area contributed by atoms with Crippen molar-refractivity contribution in [2.75, 3.05) is 16.3 Å². The highest BCUT2D eigenvalue weighted by molar-refractivity contribution is 7.99. The topological polar surface area (TPSA) is 76.1 Å². The summed E-state index contributed by atoms with van der Waals surface area (Å²) in [5, 5.41) is 2.78. The standard InChI is InChI=1S/C29H27FN4O2S/c1-37-34-28-27(21-9-10-21)31-16-26(33-28)22-11-14-25(30)24(15-22)29(35)32-23-12-7-20(8-13-23)18-36-17-19-5-3-2-4-6-19/h2-8,11-16,21H,9-10,17-18H2,1H3,(H,32,35)(H,33,34). The lowest BCUT2D eigenvalue weighted by Crippen LogP contribution is -2.14. The summed E-state index contributed by atoms with van der Waals surface area (Å²) >= 11 is 1.45.